The van der Waals surface area contributed by atoms with Gasteiger partial charge in [-0.2, -0.15) is 13.2 Å². The van der Waals surface area contributed by atoms with Crippen molar-refractivity contribution in [1.29, 1.82) is 0 Å². The smallest absolute Gasteiger partial charge is 0.379 e. The van der Waals surface area contributed by atoms with Crippen LogP contribution in [-0.2, 0) is 6.54 Å². The first kappa shape index (κ1) is 18.0. The van der Waals surface area contributed by atoms with Gasteiger partial charge >= 0.3 is 6.18 Å². The van der Waals surface area contributed by atoms with Gasteiger partial charge in [0, 0.05) is 29.9 Å². The van der Waals surface area contributed by atoms with Crippen LogP contribution in [0, 0.1) is 6.92 Å². The number of alkyl halides is 4. The van der Waals surface area contributed by atoms with E-state index in [0.717, 1.165) is 13.1 Å². The summed E-state index contributed by atoms with van der Waals surface area (Å²) in [5.74, 6) is 0. The predicted molar refractivity (Wildman–Crippen MR) is 91.8 cm³/mol. The molecule has 2 atom stereocenters. The van der Waals surface area contributed by atoms with E-state index in [0.29, 0.717) is 35.2 Å². The summed E-state index contributed by atoms with van der Waals surface area (Å²) in [4.78, 5) is 2.06. The van der Waals surface area contributed by atoms with Crippen molar-refractivity contribution in [2.45, 2.75) is 45.2 Å². The molecule has 0 saturated carbocycles. The Morgan fingerprint density at radius 3 is 2.68 bits per heavy atom. The number of hydrogen-bond acceptors (Lipinski definition) is 2. The van der Waals surface area contributed by atoms with E-state index in [-0.39, 0.29) is 6.04 Å². The number of fused-ring (bicyclic) bond motifs is 1. The van der Waals surface area contributed by atoms with E-state index in [9.17, 15) is 17.6 Å². The Labute approximate surface area is 144 Å². The first-order valence-corrected chi connectivity index (χ1v) is 8.57. The van der Waals surface area contributed by atoms with Gasteiger partial charge in [-0.3, -0.25) is 0 Å². The summed E-state index contributed by atoms with van der Waals surface area (Å²) in [6.07, 6.45) is -4.60. The fourth-order valence-electron chi connectivity index (χ4n) is 3.55. The standard InChI is InChI=1S/C18H23F4N3/c1-3-24-8-7-16(14(19)10-24)23-15-5-4-6-17-13(15)9-12(2)25(17)11-18(20,21)22/h4-6,9,14,16,23H,3,7-8,10-11H2,1-2H3. The zero-order valence-corrected chi connectivity index (χ0v) is 14.4. The minimum absolute atomic E-state index is 0.320. The number of nitrogens with zero attached hydrogens (tertiary/aromatic N) is 2. The van der Waals surface area contributed by atoms with Crippen LogP contribution >= 0.6 is 0 Å². The Hall–Kier alpha value is -1.76. The summed E-state index contributed by atoms with van der Waals surface area (Å²) in [5, 5.41) is 3.93. The third-order valence-corrected chi connectivity index (χ3v) is 4.90. The van der Waals surface area contributed by atoms with E-state index in [1.807, 2.05) is 6.92 Å². The van der Waals surface area contributed by atoms with Gasteiger partial charge in [0.05, 0.1) is 11.6 Å². The van der Waals surface area contributed by atoms with E-state index in [1.54, 1.807) is 31.2 Å². The Bertz CT molecular complexity index is 738. The van der Waals surface area contributed by atoms with Crippen LogP contribution in [0.25, 0.3) is 10.9 Å². The van der Waals surface area contributed by atoms with Crippen LogP contribution in [-0.4, -0.2) is 47.5 Å². The minimum Gasteiger partial charge on any atom is -0.379 e. The zero-order valence-electron chi connectivity index (χ0n) is 14.4. The number of aromatic nitrogens is 1. The molecule has 0 spiro atoms. The van der Waals surface area contributed by atoms with Crippen molar-refractivity contribution in [2.24, 2.45) is 0 Å². The predicted octanol–water partition coefficient (Wildman–Crippen LogP) is 4.36. The highest BCUT2D eigenvalue weighted by Crippen LogP contribution is 2.31. The summed E-state index contributed by atoms with van der Waals surface area (Å²) in [6, 6.07) is 6.60. The van der Waals surface area contributed by atoms with Crippen molar-refractivity contribution in [2.75, 3.05) is 25.0 Å². The highest BCUT2D eigenvalue weighted by atomic mass is 19.4. The van der Waals surface area contributed by atoms with Crippen LogP contribution in [0.3, 0.4) is 0 Å². The summed E-state index contributed by atoms with van der Waals surface area (Å²) in [5.41, 5.74) is 1.75. The molecule has 0 radical (unpaired) electrons. The Morgan fingerprint density at radius 1 is 1.28 bits per heavy atom. The first-order chi connectivity index (χ1) is 11.8. The van der Waals surface area contributed by atoms with Gasteiger partial charge in [-0.05, 0) is 38.1 Å². The lowest BCUT2D eigenvalue weighted by molar-refractivity contribution is -0.140. The van der Waals surface area contributed by atoms with Crippen LogP contribution in [0.1, 0.15) is 19.0 Å². The molecule has 1 aromatic carbocycles. The summed E-state index contributed by atoms with van der Waals surface area (Å²) < 4.78 is 54.2. The van der Waals surface area contributed by atoms with Crippen molar-refractivity contribution >= 4 is 16.6 Å². The molecule has 3 nitrogen and oxygen atoms in total. The Morgan fingerprint density at radius 2 is 2.04 bits per heavy atom. The van der Waals surface area contributed by atoms with Crippen molar-refractivity contribution in [1.82, 2.24) is 9.47 Å². The van der Waals surface area contributed by atoms with E-state index < -0.39 is 18.9 Å². The fourth-order valence-corrected chi connectivity index (χ4v) is 3.55. The number of nitrogens with one attached hydrogen (secondary N) is 1. The number of anilines is 1. The van der Waals surface area contributed by atoms with E-state index >= 15 is 0 Å². The average molecular weight is 357 g/mol. The van der Waals surface area contributed by atoms with Gasteiger partial charge in [0.1, 0.15) is 12.7 Å². The van der Waals surface area contributed by atoms with Gasteiger partial charge in [0.2, 0.25) is 0 Å². The molecule has 1 aliphatic heterocycles. The molecule has 1 N–H and O–H groups in total. The van der Waals surface area contributed by atoms with Gasteiger partial charge in [0.25, 0.3) is 0 Å². The molecule has 0 aliphatic carbocycles. The highest BCUT2D eigenvalue weighted by Gasteiger charge is 2.31. The Kier molecular flexibility index (Phi) is 4.95. The topological polar surface area (TPSA) is 20.2 Å². The maximum Gasteiger partial charge on any atom is 0.406 e. The monoisotopic (exact) mass is 357 g/mol. The number of halogens is 4. The molecule has 1 aromatic heterocycles. The number of likely N-dealkylation sites (tertiary alicyclic amines) is 1. The SMILES string of the molecule is CCN1CCC(Nc2cccc3c2cc(C)n3CC(F)(F)F)C(F)C1. The summed E-state index contributed by atoms with van der Waals surface area (Å²) in [7, 11) is 0. The number of aryl methyl sites for hydroxylation is 1. The van der Waals surface area contributed by atoms with Gasteiger partial charge in [-0.1, -0.05) is 13.0 Å². The normalized spacial score (nSPS) is 22.5. The number of piperidine rings is 1. The summed E-state index contributed by atoms with van der Waals surface area (Å²) >= 11 is 0. The number of benzene rings is 1. The van der Waals surface area contributed by atoms with Crippen molar-refractivity contribution in [3.63, 3.8) is 0 Å². The molecule has 138 valence electrons. The Balaban J connectivity index is 1.87. The molecule has 0 bridgehead atoms. The molecule has 2 heterocycles. The summed E-state index contributed by atoms with van der Waals surface area (Å²) in [6.45, 7) is 4.67. The number of hydrogen-bond donors (Lipinski definition) is 1. The first-order valence-electron chi connectivity index (χ1n) is 8.57. The van der Waals surface area contributed by atoms with Crippen LogP contribution in [0.5, 0.6) is 0 Å². The molecule has 0 amide bonds. The second kappa shape index (κ2) is 6.86. The van der Waals surface area contributed by atoms with Crippen molar-refractivity contribution in [3.8, 4) is 0 Å². The second-order valence-electron chi connectivity index (χ2n) is 6.67. The van der Waals surface area contributed by atoms with Gasteiger partial charge in [-0.15, -0.1) is 0 Å². The lowest BCUT2D eigenvalue weighted by Gasteiger charge is -2.35. The molecule has 1 fully saturated rings. The third-order valence-electron chi connectivity index (χ3n) is 4.90. The lowest BCUT2D eigenvalue weighted by atomic mass is 10.0. The van der Waals surface area contributed by atoms with Crippen LogP contribution in [0.2, 0.25) is 0 Å². The van der Waals surface area contributed by atoms with Crippen molar-refractivity contribution < 1.29 is 17.6 Å². The molecule has 2 aromatic rings. The maximum absolute atomic E-state index is 14.4. The quantitative estimate of drug-likeness (QED) is 0.821. The third kappa shape index (κ3) is 3.92. The minimum atomic E-state index is -4.28. The van der Waals surface area contributed by atoms with E-state index in [2.05, 4.69) is 10.2 Å². The van der Waals surface area contributed by atoms with Crippen molar-refractivity contribution in [3.05, 3.63) is 30.0 Å². The number of rotatable bonds is 4. The molecule has 7 heteroatoms. The van der Waals surface area contributed by atoms with Gasteiger partial charge in [-0.25, -0.2) is 4.39 Å². The van der Waals surface area contributed by atoms with Gasteiger partial charge < -0.3 is 14.8 Å². The molecule has 3 rings (SSSR count). The second-order valence-corrected chi connectivity index (χ2v) is 6.67. The van der Waals surface area contributed by atoms with Crippen LogP contribution in [0.4, 0.5) is 23.2 Å². The fraction of sp³-hybridized carbons (Fsp3) is 0.556. The largest absolute Gasteiger partial charge is 0.406 e. The molecule has 1 saturated heterocycles. The van der Waals surface area contributed by atoms with Gasteiger partial charge in [0.15, 0.2) is 0 Å². The molecule has 2 unspecified atom stereocenters. The van der Waals surface area contributed by atoms with E-state index in [1.165, 1.54) is 4.57 Å². The van der Waals surface area contributed by atoms with Crippen LogP contribution in [0.15, 0.2) is 24.3 Å². The molecule has 25 heavy (non-hydrogen) atoms. The van der Waals surface area contributed by atoms with Crippen LogP contribution < -0.4 is 5.32 Å². The highest BCUT2D eigenvalue weighted by molar-refractivity contribution is 5.93. The van der Waals surface area contributed by atoms with E-state index in [4.69, 9.17) is 0 Å². The molecular weight excluding hydrogens is 334 g/mol. The molecule has 1 aliphatic rings. The molecular formula is C18H23F4N3. The maximum atomic E-state index is 14.4. The average Bonchev–Trinajstić information content (AvgIpc) is 2.85. The zero-order chi connectivity index (χ0) is 18.2. The lowest BCUT2D eigenvalue weighted by Crippen LogP contribution is -2.47.